The molecular formula is C28H35N3O5. The van der Waals surface area contributed by atoms with E-state index in [1.165, 1.54) is 5.01 Å². The van der Waals surface area contributed by atoms with Crippen LogP contribution in [0.25, 0.3) is 0 Å². The first-order valence-electron chi connectivity index (χ1n) is 12.4. The Morgan fingerprint density at radius 3 is 2.42 bits per heavy atom. The van der Waals surface area contributed by atoms with Crippen LogP contribution in [0.5, 0.6) is 11.5 Å². The number of ether oxygens (including phenoxy) is 3. The second-order valence-corrected chi connectivity index (χ2v) is 9.36. The molecule has 2 aromatic rings. The molecule has 1 atom stereocenters. The highest BCUT2D eigenvalue weighted by atomic mass is 16.5. The topological polar surface area (TPSA) is 80.7 Å². The predicted octanol–water partition coefficient (Wildman–Crippen LogP) is 3.97. The van der Waals surface area contributed by atoms with Crippen molar-refractivity contribution in [2.45, 2.75) is 38.6 Å². The molecule has 0 bridgehead atoms. The van der Waals surface area contributed by atoms with Gasteiger partial charge in [-0.2, -0.15) is 5.10 Å². The van der Waals surface area contributed by atoms with Crippen molar-refractivity contribution in [2.24, 2.45) is 11.0 Å². The van der Waals surface area contributed by atoms with Crippen LogP contribution in [-0.2, 0) is 14.3 Å². The van der Waals surface area contributed by atoms with Gasteiger partial charge < -0.3 is 19.1 Å². The van der Waals surface area contributed by atoms with Gasteiger partial charge in [0.15, 0.2) is 0 Å². The summed E-state index contributed by atoms with van der Waals surface area (Å²) in [6.07, 6.45) is 3.35. The van der Waals surface area contributed by atoms with Crippen molar-refractivity contribution in [1.29, 1.82) is 0 Å². The van der Waals surface area contributed by atoms with Crippen LogP contribution in [0.2, 0.25) is 0 Å². The Morgan fingerprint density at radius 2 is 1.81 bits per heavy atom. The fraction of sp³-hybridized carbons (Fsp3) is 0.464. The standard InChI is InChI=1S/C28H35N3O5/c1-19-8-10-20(11-9-19)25-17-24(23-13-12-22(35-3)16-26(23)36-4)29-31(25)27(32)18-30(14-15-34-2)28(33)21-6-5-7-21/h8-13,16,21,25H,5-7,14-15,17-18H2,1-4H3/t25-/m0/s1. The number of carbonyl (C=O) groups is 2. The summed E-state index contributed by atoms with van der Waals surface area (Å²) in [4.78, 5) is 28.3. The highest BCUT2D eigenvalue weighted by Gasteiger charge is 2.36. The molecule has 0 saturated heterocycles. The average Bonchev–Trinajstić information content (AvgIpc) is 3.30. The van der Waals surface area contributed by atoms with Crippen LogP contribution >= 0.6 is 0 Å². The Balaban J connectivity index is 1.64. The number of amides is 2. The maximum atomic E-state index is 13.7. The molecule has 1 saturated carbocycles. The first-order chi connectivity index (χ1) is 17.4. The molecule has 1 heterocycles. The summed E-state index contributed by atoms with van der Waals surface area (Å²) in [6.45, 7) is 2.76. The molecule has 2 aliphatic rings. The minimum atomic E-state index is -0.275. The quantitative estimate of drug-likeness (QED) is 0.500. The van der Waals surface area contributed by atoms with E-state index in [2.05, 4.69) is 0 Å². The molecule has 36 heavy (non-hydrogen) atoms. The number of rotatable bonds is 10. The minimum absolute atomic E-state index is 0.00347. The van der Waals surface area contributed by atoms with Gasteiger partial charge in [0.05, 0.1) is 32.6 Å². The number of aryl methyl sites for hydroxylation is 1. The Morgan fingerprint density at radius 1 is 1.06 bits per heavy atom. The third kappa shape index (κ3) is 5.54. The van der Waals surface area contributed by atoms with Gasteiger partial charge in [0.25, 0.3) is 5.91 Å². The lowest BCUT2D eigenvalue weighted by molar-refractivity contribution is -0.146. The Kier molecular flexibility index (Phi) is 8.25. The Labute approximate surface area is 212 Å². The summed E-state index contributed by atoms with van der Waals surface area (Å²) in [6, 6.07) is 13.4. The molecule has 0 aromatic heterocycles. The van der Waals surface area contributed by atoms with Crippen LogP contribution < -0.4 is 9.47 Å². The zero-order valence-corrected chi connectivity index (χ0v) is 21.5. The van der Waals surface area contributed by atoms with Gasteiger partial charge in [0.1, 0.15) is 18.0 Å². The summed E-state index contributed by atoms with van der Waals surface area (Å²) in [5.74, 6) is 1.13. The Hall–Kier alpha value is -3.39. The zero-order chi connectivity index (χ0) is 25.7. The summed E-state index contributed by atoms with van der Waals surface area (Å²) in [5, 5.41) is 6.32. The fourth-order valence-corrected chi connectivity index (χ4v) is 4.61. The molecular weight excluding hydrogens is 458 g/mol. The van der Waals surface area contributed by atoms with Gasteiger partial charge >= 0.3 is 0 Å². The smallest absolute Gasteiger partial charge is 0.262 e. The number of hydrogen-bond acceptors (Lipinski definition) is 6. The minimum Gasteiger partial charge on any atom is -0.497 e. The highest BCUT2D eigenvalue weighted by molar-refractivity contribution is 6.05. The molecule has 0 spiro atoms. The van der Waals surface area contributed by atoms with E-state index >= 15 is 0 Å². The first-order valence-corrected chi connectivity index (χ1v) is 12.4. The molecule has 0 N–H and O–H groups in total. The normalized spacial score (nSPS) is 17.4. The number of hydrogen-bond donors (Lipinski definition) is 0. The van der Waals surface area contributed by atoms with Gasteiger partial charge in [0, 0.05) is 37.6 Å². The maximum absolute atomic E-state index is 13.7. The maximum Gasteiger partial charge on any atom is 0.262 e. The Bertz CT molecular complexity index is 1110. The largest absolute Gasteiger partial charge is 0.497 e. The van der Waals surface area contributed by atoms with Crippen molar-refractivity contribution >= 4 is 17.5 Å². The lowest BCUT2D eigenvalue weighted by Gasteiger charge is -2.32. The molecule has 1 aliphatic heterocycles. The summed E-state index contributed by atoms with van der Waals surface area (Å²) in [5.41, 5.74) is 3.70. The second-order valence-electron chi connectivity index (χ2n) is 9.36. The van der Waals surface area contributed by atoms with E-state index < -0.39 is 0 Å². The van der Waals surface area contributed by atoms with E-state index in [4.69, 9.17) is 19.3 Å². The van der Waals surface area contributed by atoms with Gasteiger partial charge in [-0.3, -0.25) is 9.59 Å². The molecule has 1 aliphatic carbocycles. The number of methoxy groups -OCH3 is 3. The second kappa shape index (κ2) is 11.6. The van der Waals surface area contributed by atoms with E-state index in [9.17, 15) is 9.59 Å². The van der Waals surface area contributed by atoms with Crippen molar-refractivity contribution in [1.82, 2.24) is 9.91 Å². The summed E-state index contributed by atoms with van der Waals surface area (Å²) in [7, 11) is 4.81. The number of hydrazone groups is 1. The van der Waals surface area contributed by atoms with Gasteiger partial charge in [-0.05, 0) is 37.5 Å². The van der Waals surface area contributed by atoms with Crippen LogP contribution in [0.15, 0.2) is 47.6 Å². The van der Waals surface area contributed by atoms with Crippen LogP contribution in [-0.4, -0.2) is 68.5 Å². The number of carbonyl (C=O) groups excluding carboxylic acids is 2. The third-order valence-electron chi connectivity index (χ3n) is 7.01. The average molecular weight is 494 g/mol. The van der Waals surface area contributed by atoms with E-state index in [-0.39, 0.29) is 30.3 Å². The summed E-state index contributed by atoms with van der Waals surface area (Å²) < 4.78 is 16.2. The van der Waals surface area contributed by atoms with Crippen LogP contribution in [0.1, 0.15) is 48.4 Å². The molecule has 192 valence electrons. The predicted molar refractivity (Wildman–Crippen MR) is 137 cm³/mol. The van der Waals surface area contributed by atoms with Gasteiger partial charge in [-0.15, -0.1) is 0 Å². The zero-order valence-electron chi connectivity index (χ0n) is 21.5. The van der Waals surface area contributed by atoms with Crippen LogP contribution in [0.4, 0.5) is 0 Å². The van der Waals surface area contributed by atoms with E-state index in [0.29, 0.717) is 31.1 Å². The van der Waals surface area contributed by atoms with Crippen LogP contribution in [0.3, 0.4) is 0 Å². The monoisotopic (exact) mass is 493 g/mol. The molecule has 8 nitrogen and oxygen atoms in total. The van der Waals surface area contributed by atoms with E-state index in [1.807, 2.05) is 49.4 Å². The molecule has 0 radical (unpaired) electrons. The summed E-state index contributed by atoms with van der Waals surface area (Å²) >= 11 is 0. The molecule has 0 unspecified atom stereocenters. The molecule has 1 fully saturated rings. The molecule has 8 heteroatoms. The van der Waals surface area contributed by atoms with Gasteiger partial charge in [-0.1, -0.05) is 36.2 Å². The van der Waals surface area contributed by atoms with Crippen molar-refractivity contribution in [3.05, 3.63) is 59.2 Å². The SMILES string of the molecule is COCCN(CC(=O)N1N=C(c2ccc(OC)cc2OC)C[C@H]1c1ccc(C)cc1)C(=O)C1CCC1. The number of nitrogens with zero attached hydrogens (tertiary/aromatic N) is 3. The van der Waals surface area contributed by atoms with Gasteiger partial charge in [-0.25, -0.2) is 5.01 Å². The van der Waals surface area contributed by atoms with Crippen LogP contribution in [0, 0.1) is 12.8 Å². The molecule has 4 rings (SSSR count). The lowest BCUT2D eigenvalue weighted by Crippen LogP contribution is -2.46. The fourth-order valence-electron chi connectivity index (χ4n) is 4.61. The van der Waals surface area contributed by atoms with Crippen molar-refractivity contribution in [3.8, 4) is 11.5 Å². The van der Waals surface area contributed by atoms with Crippen molar-refractivity contribution < 1.29 is 23.8 Å². The van der Waals surface area contributed by atoms with Gasteiger partial charge in [0.2, 0.25) is 5.91 Å². The lowest BCUT2D eigenvalue weighted by atomic mass is 9.84. The molecule has 2 aromatic carbocycles. The van der Waals surface area contributed by atoms with E-state index in [0.717, 1.165) is 41.7 Å². The highest BCUT2D eigenvalue weighted by Crippen LogP contribution is 2.36. The van der Waals surface area contributed by atoms with Crippen molar-refractivity contribution in [2.75, 3.05) is 41.0 Å². The first kappa shape index (κ1) is 25.7. The number of benzene rings is 2. The molecule has 2 amide bonds. The van der Waals surface area contributed by atoms with E-state index in [1.54, 1.807) is 26.2 Å². The van der Waals surface area contributed by atoms with Crippen molar-refractivity contribution in [3.63, 3.8) is 0 Å². The third-order valence-corrected chi connectivity index (χ3v) is 7.01.